The number of aliphatic carboxylic acids is 2. The maximum atomic E-state index is 10.7. The molecule has 0 aliphatic carbocycles. The highest BCUT2D eigenvalue weighted by Gasteiger charge is 2.18. The highest BCUT2D eigenvalue weighted by Crippen LogP contribution is 2.24. The average molecular weight is 250 g/mol. The number of hydrogen-bond acceptors (Lipinski definition) is 2. The number of hydrogen-bond donors (Lipinski definition) is 2. The summed E-state index contributed by atoms with van der Waals surface area (Å²) in [5.41, 5.74) is 1.96. The van der Waals surface area contributed by atoms with E-state index in [1.54, 1.807) is 0 Å². The number of benzene rings is 1. The van der Waals surface area contributed by atoms with Gasteiger partial charge in [-0.2, -0.15) is 0 Å². The zero-order valence-corrected chi connectivity index (χ0v) is 10.4. The van der Waals surface area contributed by atoms with Crippen LogP contribution < -0.4 is 0 Å². The molecule has 0 spiro atoms. The van der Waals surface area contributed by atoms with E-state index in [-0.39, 0.29) is 12.8 Å². The fraction of sp³-hybridized carbons (Fsp3) is 0.429. The average Bonchev–Trinajstić information content (AvgIpc) is 2.28. The Labute approximate surface area is 106 Å². The summed E-state index contributed by atoms with van der Waals surface area (Å²) in [5, 5.41) is 17.6. The van der Waals surface area contributed by atoms with Crippen molar-refractivity contribution < 1.29 is 19.8 Å². The highest BCUT2D eigenvalue weighted by molar-refractivity contribution is 5.72. The lowest BCUT2D eigenvalue weighted by Crippen LogP contribution is -2.11. The van der Waals surface area contributed by atoms with E-state index in [1.807, 2.05) is 24.3 Å². The molecule has 0 bridgehead atoms. The normalized spacial score (nSPS) is 10.6. The summed E-state index contributed by atoms with van der Waals surface area (Å²) in [6.07, 6.45) is 1.72. The van der Waals surface area contributed by atoms with Crippen molar-refractivity contribution in [3.8, 4) is 0 Å². The van der Waals surface area contributed by atoms with E-state index in [0.717, 1.165) is 18.4 Å². The molecule has 0 fully saturated rings. The number of rotatable bonds is 7. The van der Waals surface area contributed by atoms with Crippen LogP contribution in [0.4, 0.5) is 0 Å². The van der Waals surface area contributed by atoms with Gasteiger partial charge in [0.05, 0.1) is 12.8 Å². The van der Waals surface area contributed by atoms with E-state index in [2.05, 4.69) is 6.92 Å². The third-order valence-electron chi connectivity index (χ3n) is 2.83. The molecule has 0 aromatic heterocycles. The van der Waals surface area contributed by atoms with Gasteiger partial charge in [-0.15, -0.1) is 0 Å². The Kier molecular flexibility index (Phi) is 5.36. The second-order valence-electron chi connectivity index (χ2n) is 4.38. The first-order valence-corrected chi connectivity index (χ1v) is 6.05. The Hall–Kier alpha value is -1.84. The number of carboxylic acids is 2. The third kappa shape index (κ3) is 4.57. The topological polar surface area (TPSA) is 74.6 Å². The van der Waals surface area contributed by atoms with Gasteiger partial charge in [0.2, 0.25) is 0 Å². The predicted octanol–water partition coefficient (Wildman–Crippen LogP) is 2.67. The van der Waals surface area contributed by atoms with Crippen molar-refractivity contribution in [1.82, 2.24) is 0 Å². The third-order valence-corrected chi connectivity index (χ3v) is 2.83. The molecule has 2 N–H and O–H groups in total. The smallest absolute Gasteiger partial charge is 0.303 e. The van der Waals surface area contributed by atoms with Crippen LogP contribution in [0.2, 0.25) is 0 Å². The summed E-state index contributed by atoms with van der Waals surface area (Å²) >= 11 is 0. The zero-order chi connectivity index (χ0) is 13.5. The maximum Gasteiger partial charge on any atom is 0.303 e. The van der Waals surface area contributed by atoms with Gasteiger partial charge >= 0.3 is 11.9 Å². The molecular formula is C14H18O4. The minimum absolute atomic E-state index is 0.153. The summed E-state index contributed by atoms with van der Waals surface area (Å²) in [7, 11) is 0. The van der Waals surface area contributed by atoms with Gasteiger partial charge < -0.3 is 10.2 Å². The lowest BCUT2D eigenvalue weighted by Gasteiger charge is -2.13. The minimum Gasteiger partial charge on any atom is -0.481 e. The second-order valence-corrected chi connectivity index (χ2v) is 4.38. The van der Waals surface area contributed by atoms with Gasteiger partial charge in [0.1, 0.15) is 0 Å². The first-order valence-electron chi connectivity index (χ1n) is 6.05. The summed E-state index contributed by atoms with van der Waals surface area (Å²) in [5.74, 6) is -2.41. The minimum atomic E-state index is -0.973. The van der Waals surface area contributed by atoms with E-state index in [1.165, 1.54) is 5.56 Å². The molecule has 0 amide bonds. The highest BCUT2D eigenvalue weighted by atomic mass is 16.4. The Morgan fingerprint density at radius 1 is 1.06 bits per heavy atom. The van der Waals surface area contributed by atoms with Crippen LogP contribution in [0.1, 0.15) is 43.2 Å². The predicted molar refractivity (Wildman–Crippen MR) is 67.7 cm³/mol. The Balaban J connectivity index is 2.83. The SMILES string of the molecule is CCCc1ccc(C(CC(=O)O)CC(=O)O)cc1. The Bertz CT molecular complexity index is 392. The van der Waals surface area contributed by atoms with Crippen LogP contribution in [-0.4, -0.2) is 22.2 Å². The molecule has 4 nitrogen and oxygen atoms in total. The largest absolute Gasteiger partial charge is 0.481 e. The summed E-state index contributed by atoms with van der Waals surface area (Å²) < 4.78 is 0. The lowest BCUT2D eigenvalue weighted by molar-refractivity contribution is -0.139. The number of carbonyl (C=O) groups is 2. The van der Waals surface area contributed by atoms with Crippen LogP contribution in [0.3, 0.4) is 0 Å². The van der Waals surface area contributed by atoms with Gasteiger partial charge in [-0.1, -0.05) is 37.6 Å². The second kappa shape index (κ2) is 6.79. The molecule has 0 heterocycles. The van der Waals surface area contributed by atoms with Crippen molar-refractivity contribution in [2.75, 3.05) is 0 Å². The van der Waals surface area contributed by atoms with Crippen molar-refractivity contribution in [3.05, 3.63) is 35.4 Å². The molecule has 1 aromatic carbocycles. The quantitative estimate of drug-likeness (QED) is 0.780. The van der Waals surface area contributed by atoms with E-state index in [9.17, 15) is 9.59 Å². The van der Waals surface area contributed by atoms with Crippen LogP contribution in [0, 0.1) is 0 Å². The van der Waals surface area contributed by atoms with Gasteiger partial charge in [-0.25, -0.2) is 0 Å². The summed E-state index contributed by atoms with van der Waals surface area (Å²) in [6, 6.07) is 7.55. The molecule has 0 saturated heterocycles. The maximum absolute atomic E-state index is 10.7. The zero-order valence-electron chi connectivity index (χ0n) is 10.4. The molecule has 0 saturated carbocycles. The van der Waals surface area contributed by atoms with Crippen molar-refractivity contribution >= 4 is 11.9 Å². The van der Waals surface area contributed by atoms with Crippen molar-refractivity contribution in [1.29, 1.82) is 0 Å². The van der Waals surface area contributed by atoms with Crippen LogP contribution >= 0.6 is 0 Å². The molecule has 0 radical (unpaired) electrons. The number of aryl methyl sites for hydroxylation is 1. The summed E-state index contributed by atoms with van der Waals surface area (Å²) in [4.78, 5) is 21.5. The molecule has 0 aliphatic heterocycles. The lowest BCUT2D eigenvalue weighted by atomic mass is 9.91. The van der Waals surface area contributed by atoms with Gasteiger partial charge in [0.15, 0.2) is 0 Å². The molecule has 4 heteroatoms. The standard InChI is InChI=1S/C14H18O4/c1-2-3-10-4-6-11(7-5-10)12(8-13(15)16)9-14(17)18/h4-7,12H,2-3,8-9H2,1H3,(H,15,16)(H,17,18). The molecule has 98 valence electrons. The van der Waals surface area contributed by atoms with Gasteiger partial charge in [-0.3, -0.25) is 9.59 Å². The van der Waals surface area contributed by atoms with Crippen LogP contribution in [0.5, 0.6) is 0 Å². The van der Waals surface area contributed by atoms with Crippen molar-refractivity contribution in [3.63, 3.8) is 0 Å². The Morgan fingerprint density at radius 2 is 1.56 bits per heavy atom. The van der Waals surface area contributed by atoms with Gasteiger partial charge in [-0.05, 0) is 17.5 Å². The monoisotopic (exact) mass is 250 g/mol. The van der Waals surface area contributed by atoms with Crippen LogP contribution in [0.25, 0.3) is 0 Å². The molecule has 1 rings (SSSR count). The molecule has 0 unspecified atom stereocenters. The van der Waals surface area contributed by atoms with Gasteiger partial charge in [0, 0.05) is 5.92 Å². The molecule has 18 heavy (non-hydrogen) atoms. The van der Waals surface area contributed by atoms with Crippen LogP contribution in [0.15, 0.2) is 24.3 Å². The van der Waals surface area contributed by atoms with Crippen molar-refractivity contribution in [2.45, 2.75) is 38.5 Å². The van der Waals surface area contributed by atoms with E-state index in [4.69, 9.17) is 10.2 Å². The van der Waals surface area contributed by atoms with Crippen molar-refractivity contribution in [2.24, 2.45) is 0 Å². The van der Waals surface area contributed by atoms with E-state index < -0.39 is 17.9 Å². The van der Waals surface area contributed by atoms with Crippen LogP contribution in [-0.2, 0) is 16.0 Å². The molecule has 1 aromatic rings. The Morgan fingerprint density at radius 3 is 1.94 bits per heavy atom. The molecule has 0 aliphatic rings. The fourth-order valence-corrected chi connectivity index (χ4v) is 1.97. The van der Waals surface area contributed by atoms with Gasteiger partial charge in [0.25, 0.3) is 0 Å². The fourth-order valence-electron chi connectivity index (χ4n) is 1.97. The van der Waals surface area contributed by atoms with E-state index >= 15 is 0 Å². The molecule has 0 atom stereocenters. The first-order chi connectivity index (χ1) is 8.52. The number of carboxylic acid groups (broad SMARTS) is 2. The summed E-state index contributed by atoms with van der Waals surface area (Å²) in [6.45, 7) is 2.09. The first kappa shape index (κ1) is 14.2. The molecular weight excluding hydrogens is 232 g/mol. The van der Waals surface area contributed by atoms with E-state index in [0.29, 0.717) is 0 Å².